The molecular formula is C30H39ClN6O5. The van der Waals surface area contributed by atoms with Crippen molar-refractivity contribution in [3.05, 3.63) is 60.2 Å². The quantitative estimate of drug-likeness (QED) is 0.269. The Morgan fingerprint density at radius 3 is 2.31 bits per heavy atom. The highest BCUT2D eigenvalue weighted by Gasteiger charge is 2.36. The molecule has 0 spiro atoms. The summed E-state index contributed by atoms with van der Waals surface area (Å²) in [5.41, 5.74) is 13.0. The molecular weight excluding hydrogens is 560 g/mol. The molecule has 1 atom stereocenters. The molecule has 12 heteroatoms. The van der Waals surface area contributed by atoms with Crippen LogP contribution < -0.4 is 21.5 Å². The summed E-state index contributed by atoms with van der Waals surface area (Å²) in [4.78, 5) is 27.1. The Balaban J connectivity index is 0.00000405. The van der Waals surface area contributed by atoms with Crippen LogP contribution in [-0.2, 0) is 14.3 Å². The van der Waals surface area contributed by atoms with Crippen LogP contribution >= 0.6 is 12.4 Å². The predicted molar refractivity (Wildman–Crippen MR) is 162 cm³/mol. The van der Waals surface area contributed by atoms with Crippen molar-refractivity contribution in [2.75, 3.05) is 57.9 Å². The lowest BCUT2D eigenvalue weighted by Crippen LogP contribution is -2.43. The largest absolute Gasteiger partial charge is 0.457 e. The maximum absolute atomic E-state index is 12.6. The zero-order chi connectivity index (χ0) is 28.6. The average Bonchev–Trinajstić information content (AvgIpc) is 3.40. The number of para-hydroxylation sites is 1. The van der Waals surface area contributed by atoms with E-state index in [0.29, 0.717) is 68.2 Å². The lowest BCUT2D eigenvalue weighted by atomic mass is 9.87. The van der Waals surface area contributed by atoms with E-state index in [-0.39, 0.29) is 31.0 Å². The first-order valence-electron chi connectivity index (χ1n) is 14.2. The van der Waals surface area contributed by atoms with Crippen LogP contribution in [0.3, 0.4) is 0 Å². The van der Waals surface area contributed by atoms with Gasteiger partial charge < -0.3 is 35.9 Å². The van der Waals surface area contributed by atoms with Crippen molar-refractivity contribution in [3.8, 4) is 22.8 Å². The third-order valence-electron chi connectivity index (χ3n) is 7.61. The van der Waals surface area contributed by atoms with E-state index in [2.05, 4.69) is 5.32 Å². The van der Waals surface area contributed by atoms with Gasteiger partial charge in [0.05, 0.1) is 25.9 Å². The Labute approximate surface area is 251 Å². The van der Waals surface area contributed by atoms with Gasteiger partial charge in [-0.15, -0.1) is 12.4 Å². The number of benzene rings is 2. The average molecular weight is 599 g/mol. The van der Waals surface area contributed by atoms with Crippen LogP contribution in [0.25, 0.3) is 11.3 Å². The first kappa shape index (κ1) is 31.3. The van der Waals surface area contributed by atoms with Crippen molar-refractivity contribution < 1.29 is 23.8 Å². The topological polar surface area (TPSA) is 147 Å². The van der Waals surface area contributed by atoms with Gasteiger partial charge in [0.1, 0.15) is 35.2 Å². The Morgan fingerprint density at radius 2 is 1.62 bits per heavy atom. The third-order valence-corrected chi connectivity index (χ3v) is 7.61. The zero-order valence-electron chi connectivity index (χ0n) is 23.6. The Morgan fingerprint density at radius 1 is 0.929 bits per heavy atom. The molecule has 226 valence electrons. The number of halogens is 1. The van der Waals surface area contributed by atoms with E-state index in [1.807, 2.05) is 64.2 Å². The Kier molecular flexibility index (Phi) is 11.2. The van der Waals surface area contributed by atoms with Crippen LogP contribution in [0.1, 0.15) is 35.7 Å². The van der Waals surface area contributed by atoms with Crippen molar-refractivity contribution in [2.45, 2.75) is 25.3 Å². The van der Waals surface area contributed by atoms with Crippen LogP contribution in [0, 0.1) is 5.92 Å². The number of hydrogen-bond acceptors (Lipinski definition) is 8. The Bertz CT molecular complexity index is 1310. The van der Waals surface area contributed by atoms with Gasteiger partial charge in [0.2, 0.25) is 5.91 Å². The molecule has 0 aliphatic carbocycles. The normalized spacial score (nSPS) is 16.7. The first-order valence-corrected chi connectivity index (χ1v) is 14.2. The molecule has 2 aliphatic heterocycles. The van der Waals surface area contributed by atoms with Gasteiger partial charge in [0.15, 0.2) is 0 Å². The van der Waals surface area contributed by atoms with Crippen LogP contribution in [0.15, 0.2) is 54.6 Å². The highest BCUT2D eigenvalue weighted by atomic mass is 35.5. The van der Waals surface area contributed by atoms with Gasteiger partial charge >= 0.3 is 0 Å². The summed E-state index contributed by atoms with van der Waals surface area (Å²) >= 11 is 0. The van der Waals surface area contributed by atoms with Crippen LogP contribution in [0.4, 0.5) is 5.82 Å². The highest BCUT2D eigenvalue weighted by Crippen LogP contribution is 2.40. The van der Waals surface area contributed by atoms with Gasteiger partial charge in [-0.2, -0.15) is 5.10 Å². The maximum Gasteiger partial charge on any atom is 0.254 e. The van der Waals surface area contributed by atoms with E-state index in [9.17, 15) is 9.59 Å². The highest BCUT2D eigenvalue weighted by molar-refractivity contribution is 6.03. The molecule has 2 aromatic carbocycles. The summed E-state index contributed by atoms with van der Waals surface area (Å²) < 4.78 is 18.6. The van der Waals surface area contributed by atoms with Gasteiger partial charge in [0, 0.05) is 31.7 Å². The number of ether oxygens (including phenoxy) is 3. The molecule has 5 rings (SSSR count). The second-order valence-corrected chi connectivity index (χ2v) is 10.3. The third kappa shape index (κ3) is 7.40. The molecule has 3 aromatic rings. The van der Waals surface area contributed by atoms with E-state index in [1.54, 1.807) is 0 Å². The molecule has 42 heavy (non-hydrogen) atoms. The number of aromatic nitrogens is 2. The van der Waals surface area contributed by atoms with Crippen LogP contribution in [0.2, 0.25) is 0 Å². The summed E-state index contributed by atoms with van der Waals surface area (Å²) in [7, 11) is 0. The number of nitrogens with two attached hydrogens (primary N) is 2. The standard InChI is InChI=1S/C30H38N6O5.ClH/c31-13-17-39-18-19-40-20-26(37)35-15-11-21(12-16-35)25-10-14-33-30-27(29(32)38)28(34-36(25)30)22-6-8-24(9-7-22)41-23-4-2-1-3-5-23;/h1-9,21,25,33H,10-20,31H2,(H2,32,38);1H/t25-;/m0./s1. The molecule has 0 unspecified atom stereocenters. The minimum atomic E-state index is -0.521. The molecule has 2 amide bonds. The second kappa shape index (κ2) is 15.0. The van der Waals surface area contributed by atoms with E-state index in [1.165, 1.54) is 0 Å². The van der Waals surface area contributed by atoms with Gasteiger partial charge in [-0.05, 0) is 61.6 Å². The fraction of sp³-hybridized carbons (Fsp3) is 0.433. The van der Waals surface area contributed by atoms with Crippen LogP contribution in [-0.4, -0.2) is 79.1 Å². The smallest absolute Gasteiger partial charge is 0.254 e. The monoisotopic (exact) mass is 598 g/mol. The SMILES string of the molecule is Cl.NCCOCCOCC(=O)N1CCC([C@@H]2CCNc3c(C(N)=O)c(-c4ccc(Oc5ccccc5)cc4)nn32)CC1. The number of anilines is 1. The number of nitrogens with zero attached hydrogens (tertiary/aromatic N) is 3. The van der Waals surface area contributed by atoms with E-state index < -0.39 is 5.91 Å². The second-order valence-electron chi connectivity index (χ2n) is 10.3. The molecule has 1 aromatic heterocycles. The molecule has 3 heterocycles. The number of rotatable bonds is 12. The molecule has 11 nitrogen and oxygen atoms in total. The van der Waals surface area contributed by atoms with Crippen molar-refractivity contribution in [1.82, 2.24) is 14.7 Å². The first-order chi connectivity index (χ1) is 20.0. The number of likely N-dealkylation sites (tertiary alicyclic amines) is 1. The number of hydrogen-bond donors (Lipinski definition) is 3. The van der Waals surface area contributed by atoms with Gasteiger partial charge in [-0.1, -0.05) is 18.2 Å². The van der Waals surface area contributed by atoms with Crippen molar-refractivity contribution in [1.29, 1.82) is 0 Å². The molecule has 0 bridgehead atoms. The maximum atomic E-state index is 12.6. The van der Waals surface area contributed by atoms with Crippen LogP contribution in [0.5, 0.6) is 11.5 Å². The fourth-order valence-electron chi connectivity index (χ4n) is 5.57. The summed E-state index contributed by atoms with van der Waals surface area (Å²) in [5, 5.41) is 8.29. The summed E-state index contributed by atoms with van der Waals surface area (Å²) in [6.45, 7) is 3.84. The molecule has 2 aliphatic rings. The van der Waals surface area contributed by atoms with Gasteiger partial charge in [-0.3, -0.25) is 9.59 Å². The lowest BCUT2D eigenvalue weighted by molar-refractivity contribution is -0.138. The number of piperidine rings is 1. The minimum absolute atomic E-state index is 0. The van der Waals surface area contributed by atoms with Crippen molar-refractivity contribution >= 4 is 30.0 Å². The van der Waals surface area contributed by atoms with Gasteiger partial charge in [0.25, 0.3) is 5.91 Å². The Hall–Kier alpha value is -3.64. The molecule has 1 fully saturated rings. The van der Waals surface area contributed by atoms with Gasteiger partial charge in [-0.25, -0.2) is 4.68 Å². The number of fused-ring (bicyclic) bond motifs is 1. The van der Waals surface area contributed by atoms with Crippen molar-refractivity contribution in [2.24, 2.45) is 17.4 Å². The number of carbonyl (C=O) groups excluding carboxylic acids is 2. The molecule has 0 radical (unpaired) electrons. The minimum Gasteiger partial charge on any atom is -0.457 e. The number of nitrogens with one attached hydrogen (secondary N) is 1. The van der Waals surface area contributed by atoms with E-state index >= 15 is 0 Å². The van der Waals surface area contributed by atoms with E-state index in [4.69, 9.17) is 30.8 Å². The number of primary amides is 1. The number of carbonyl (C=O) groups is 2. The fourth-order valence-corrected chi connectivity index (χ4v) is 5.57. The summed E-state index contributed by atoms with van der Waals surface area (Å²) in [6.07, 6.45) is 2.57. The van der Waals surface area contributed by atoms with Crippen molar-refractivity contribution in [3.63, 3.8) is 0 Å². The summed E-state index contributed by atoms with van der Waals surface area (Å²) in [6, 6.07) is 17.2. The molecule has 0 saturated carbocycles. The summed E-state index contributed by atoms with van der Waals surface area (Å²) in [5.74, 6) is 1.89. The zero-order valence-corrected chi connectivity index (χ0v) is 24.4. The molecule has 1 saturated heterocycles. The predicted octanol–water partition coefficient (Wildman–Crippen LogP) is 3.45. The molecule has 5 N–H and O–H groups in total. The van der Waals surface area contributed by atoms with E-state index in [0.717, 1.165) is 37.1 Å². The lowest BCUT2D eigenvalue weighted by Gasteiger charge is -2.38. The number of amides is 2.